The molecule has 0 aliphatic heterocycles. The maximum atomic E-state index is 12.6. The molecular weight excluding hydrogens is 370 g/mol. The maximum absolute atomic E-state index is 12.6. The largest absolute Gasteiger partial charge is 0.497 e. The lowest BCUT2D eigenvalue weighted by molar-refractivity contribution is 0.0944. The van der Waals surface area contributed by atoms with Crippen molar-refractivity contribution < 1.29 is 14.3 Å². The number of methoxy groups -OCH3 is 1. The van der Waals surface area contributed by atoms with Crippen molar-refractivity contribution in [1.29, 1.82) is 0 Å². The molecule has 0 fully saturated rings. The van der Waals surface area contributed by atoms with Gasteiger partial charge in [0, 0.05) is 5.56 Å². The van der Waals surface area contributed by atoms with Crippen LogP contribution in [0.25, 0.3) is 0 Å². The van der Waals surface area contributed by atoms with E-state index >= 15 is 0 Å². The van der Waals surface area contributed by atoms with Crippen molar-refractivity contribution in [3.05, 3.63) is 81.0 Å². The number of amides is 1. The minimum Gasteiger partial charge on any atom is -0.497 e. The van der Waals surface area contributed by atoms with Gasteiger partial charge in [-0.2, -0.15) is 0 Å². The van der Waals surface area contributed by atoms with Gasteiger partial charge in [-0.05, 0) is 73.2 Å². The second-order valence-corrected chi connectivity index (χ2v) is 7.81. The van der Waals surface area contributed by atoms with E-state index in [4.69, 9.17) is 9.47 Å². The van der Waals surface area contributed by atoms with Crippen LogP contribution in [-0.2, 0) is 6.61 Å². The molecule has 1 heterocycles. The van der Waals surface area contributed by atoms with E-state index in [9.17, 15) is 4.79 Å². The summed E-state index contributed by atoms with van der Waals surface area (Å²) in [6, 6.07) is 15.6. The van der Waals surface area contributed by atoms with Crippen LogP contribution < -0.4 is 14.8 Å². The van der Waals surface area contributed by atoms with Crippen LogP contribution in [0, 0.1) is 13.8 Å². The van der Waals surface area contributed by atoms with E-state index in [0.29, 0.717) is 11.5 Å². The summed E-state index contributed by atoms with van der Waals surface area (Å²) in [6.45, 7) is 6.51. The van der Waals surface area contributed by atoms with E-state index in [1.54, 1.807) is 7.11 Å². The van der Waals surface area contributed by atoms with Gasteiger partial charge in [-0.3, -0.25) is 4.79 Å². The van der Waals surface area contributed by atoms with Crippen LogP contribution in [0.4, 0.5) is 0 Å². The van der Waals surface area contributed by atoms with Gasteiger partial charge in [-0.1, -0.05) is 18.2 Å². The van der Waals surface area contributed by atoms with E-state index in [2.05, 4.69) is 25.2 Å². The predicted octanol–water partition coefficient (Wildman–Crippen LogP) is 5.44. The minimum absolute atomic E-state index is 0.0852. The summed E-state index contributed by atoms with van der Waals surface area (Å²) in [5, 5.41) is 5.01. The van der Waals surface area contributed by atoms with Crippen molar-refractivity contribution in [1.82, 2.24) is 5.32 Å². The lowest BCUT2D eigenvalue weighted by Gasteiger charge is -2.14. The Labute approximate surface area is 170 Å². The van der Waals surface area contributed by atoms with Gasteiger partial charge < -0.3 is 14.8 Å². The summed E-state index contributed by atoms with van der Waals surface area (Å²) in [7, 11) is 1.63. The molecule has 4 nitrogen and oxygen atoms in total. The van der Waals surface area contributed by atoms with Crippen molar-refractivity contribution >= 4 is 17.2 Å². The number of hydrogen-bond donors (Lipinski definition) is 1. The first kappa shape index (κ1) is 20.0. The molecule has 3 aromatic rings. The molecule has 2 aromatic carbocycles. The Kier molecular flexibility index (Phi) is 6.37. The first-order chi connectivity index (χ1) is 13.4. The van der Waals surface area contributed by atoms with Crippen LogP contribution in [-0.4, -0.2) is 13.0 Å². The molecule has 1 aromatic heterocycles. The van der Waals surface area contributed by atoms with Crippen molar-refractivity contribution in [3.63, 3.8) is 0 Å². The molecule has 5 heteroatoms. The molecule has 1 amide bonds. The van der Waals surface area contributed by atoms with E-state index < -0.39 is 0 Å². The Morgan fingerprint density at radius 1 is 1.07 bits per heavy atom. The molecule has 0 radical (unpaired) electrons. The smallest absolute Gasteiger partial charge is 0.261 e. The molecule has 0 aliphatic carbocycles. The van der Waals surface area contributed by atoms with Gasteiger partial charge in [0.25, 0.3) is 5.91 Å². The average Bonchev–Trinajstić information content (AvgIpc) is 3.15. The molecule has 0 spiro atoms. The number of benzene rings is 2. The van der Waals surface area contributed by atoms with Gasteiger partial charge >= 0.3 is 0 Å². The van der Waals surface area contributed by atoms with Crippen molar-refractivity contribution in [3.8, 4) is 11.5 Å². The fourth-order valence-electron chi connectivity index (χ4n) is 3.02. The standard InChI is InChI=1S/C23H25NO3S/c1-15-8-16(2)10-21(9-15)27-13-18-11-22(28-14-18)23(25)24-17(3)19-6-5-7-20(12-19)26-4/h5-12,14,17H,13H2,1-4H3,(H,24,25). The highest BCUT2D eigenvalue weighted by Crippen LogP contribution is 2.22. The predicted molar refractivity (Wildman–Crippen MR) is 113 cm³/mol. The molecular formula is C23H25NO3S. The Morgan fingerprint density at radius 3 is 2.54 bits per heavy atom. The second kappa shape index (κ2) is 8.93. The molecule has 28 heavy (non-hydrogen) atoms. The highest BCUT2D eigenvalue weighted by molar-refractivity contribution is 7.12. The summed E-state index contributed by atoms with van der Waals surface area (Å²) in [5.41, 5.74) is 4.34. The highest BCUT2D eigenvalue weighted by atomic mass is 32.1. The lowest BCUT2D eigenvalue weighted by Crippen LogP contribution is -2.25. The fraction of sp³-hybridized carbons (Fsp3) is 0.261. The van der Waals surface area contributed by atoms with Crippen LogP contribution in [0.2, 0.25) is 0 Å². The number of nitrogens with one attached hydrogen (secondary N) is 1. The number of hydrogen-bond acceptors (Lipinski definition) is 4. The monoisotopic (exact) mass is 395 g/mol. The molecule has 146 valence electrons. The summed E-state index contributed by atoms with van der Waals surface area (Å²) in [5.74, 6) is 1.54. The third-order valence-corrected chi connectivity index (χ3v) is 5.40. The van der Waals surface area contributed by atoms with Gasteiger partial charge in [0.15, 0.2) is 0 Å². The molecule has 0 bridgehead atoms. The van der Waals surface area contributed by atoms with Crippen LogP contribution in [0.1, 0.15) is 44.9 Å². The van der Waals surface area contributed by atoms with Crippen LogP contribution in [0.5, 0.6) is 11.5 Å². The number of rotatable bonds is 7. The SMILES string of the molecule is COc1cccc(C(C)NC(=O)c2cc(COc3cc(C)cc(C)c3)cs2)c1. The van der Waals surface area contributed by atoms with E-state index in [0.717, 1.165) is 22.6 Å². The van der Waals surface area contributed by atoms with Crippen LogP contribution >= 0.6 is 11.3 Å². The van der Waals surface area contributed by atoms with E-state index in [-0.39, 0.29) is 11.9 Å². The highest BCUT2D eigenvalue weighted by Gasteiger charge is 2.14. The summed E-state index contributed by atoms with van der Waals surface area (Å²) in [6.07, 6.45) is 0. The van der Waals surface area contributed by atoms with Crippen LogP contribution in [0.3, 0.4) is 0 Å². The quantitative estimate of drug-likeness (QED) is 0.579. The van der Waals surface area contributed by atoms with Gasteiger partial charge in [0.05, 0.1) is 18.0 Å². The Morgan fingerprint density at radius 2 is 1.82 bits per heavy atom. The topological polar surface area (TPSA) is 47.6 Å². The summed E-state index contributed by atoms with van der Waals surface area (Å²) < 4.78 is 11.1. The zero-order chi connectivity index (χ0) is 20.1. The second-order valence-electron chi connectivity index (χ2n) is 6.90. The number of aryl methyl sites for hydroxylation is 2. The van der Waals surface area contributed by atoms with Gasteiger partial charge in [-0.15, -0.1) is 11.3 Å². The molecule has 0 saturated heterocycles. The first-order valence-corrected chi connectivity index (χ1v) is 10.1. The van der Waals surface area contributed by atoms with Gasteiger partial charge in [-0.25, -0.2) is 0 Å². The first-order valence-electron chi connectivity index (χ1n) is 9.18. The number of carbonyl (C=O) groups is 1. The Hall–Kier alpha value is -2.79. The molecule has 0 aliphatic rings. The third-order valence-electron chi connectivity index (χ3n) is 4.42. The number of carbonyl (C=O) groups excluding carboxylic acids is 1. The zero-order valence-electron chi connectivity index (χ0n) is 16.6. The molecule has 3 rings (SSSR count). The summed E-state index contributed by atoms with van der Waals surface area (Å²) in [4.78, 5) is 13.3. The van der Waals surface area contributed by atoms with E-state index in [1.807, 2.05) is 54.8 Å². The third kappa shape index (κ3) is 5.14. The van der Waals surface area contributed by atoms with Crippen molar-refractivity contribution in [2.24, 2.45) is 0 Å². The molecule has 1 N–H and O–H groups in total. The average molecular weight is 396 g/mol. The maximum Gasteiger partial charge on any atom is 0.261 e. The lowest BCUT2D eigenvalue weighted by atomic mass is 10.1. The van der Waals surface area contributed by atoms with Crippen LogP contribution in [0.15, 0.2) is 53.9 Å². The normalized spacial score (nSPS) is 11.7. The van der Waals surface area contributed by atoms with E-state index in [1.165, 1.54) is 22.5 Å². The summed E-state index contributed by atoms with van der Waals surface area (Å²) >= 11 is 1.43. The van der Waals surface area contributed by atoms with Crippen molar-refractivity contribution in [2.75, 3.05) is 7.11 Å². The molecule has 0 saturated carbocycles. The minimum atomic E-state index is -0.111. The Balaban J connectivity index is 1.60. The zero-order valence-corrected chi connectivity index (χ0v) is 17.4. The van der Waals surface area contributed by atoms with Gasteiger partial charge in [0.1, 0.15) is 18.1 Å². The Bertz CT molecular complexity index is 944. The van der Waals surface area contributed by atoms with Crippen molar-refractivity contribution in [2.45, 2.75) is 33.4 Å². The molecule has 1 unspecified atom stereocenters. The number of thiophene rings is 1. The fourth-order valence-corrected chi connectivity index (χ4v) is 3.82. The number of ether oxygens (including phenoxy) is 2. The molecule has 1 atom stereocenters. The van der Waals surface area contributed by atoms with Gasteiger partial charge in [0.2, 0.25) is 0 Å².